The van der Waals surface area contributed by atoms with Crippen molar-refractivity contribution in [2.45, 2.75) is 19.6 Å². The summed E-state index contributed by atoms with van der Waals surface area (Å²) in [5, 5.41) is 0. The van der Waals surface area contributed by atoms with Crippen molar-refractivity contribution in [1.82, 2.24) is 0 Å². The second-order valence-electron chi connectivity index (χ2n) is 4.52. The highest BCUT2D eigenvalue weighted by Gasteiger charge is 2.16. The van der Waals surface area contributed by atoms with Crippen LogP contribution in [0.2, 0.25) is 19.6 Å². The van der Waals surface area contributed by atoms with Crippen LogP contribution in [0.25, 0.3) is 6.08 Å². The van der Waals surface area contributed by atoms with E-state index < -0.39 is 8.07 Å². The van der Waals surface area contributed by atoms with Crippen molar-refractivity contribution >= 4 is 36.7 Å². The fourth-order valence-electron chi connectivity index (χ4n) is 1.09. The second-order valence-corrected chi connectivity index (χ2v) is 11.7. The lowest BCUT2D eigenvalue weighted by molar-refractivity contribution is 0.414. The Kier molecular flexibility index (Phi) is 4.40. The predicted molar refractivity (Wildman–Crippen MR) is 78.3 cm³/mol. The first-order chi connectivity index (χ1) is 6.93. The van der Waals surface area contributed by atoms with E-state index in [2.05, 4.69) is 60.4 Å². The van der Waals surface area contributed by atoms with Gasteiger partial charge in [0.25, 0.3) is 0 Å². The monoisotopic (exact) mass is 332 g/mol. The van der Waals surface area contributed by atoms with Crippen molar-refractivity contribution in [3.05, 3.63) is 33.0 Å². The molecule has 1 aromatic carbocycles. The molecule has 0 radical (unpaired) electrons. The van der Waals surface area contributed by atoms with E-state index >= 15 is 0 Å². The zero-order valence-corrected chi connectivity index (χ0v) is 12.8. The average molecular weight is 332 g/mol. The molecular weight excluding hydrogens is 315 g/mol. The molecule has 0 aliphatic carbocycles. The van der Waals surface area contributed by atoms with Gasteiger partial charge in [0.15, 0.2) is 0 Å². The molecular formula is C12H17IOSi. The number of rotatable bonds is 3. The average Bonchev–Trinajstić information content (AvgIpc) is 2.16. The zero-order valence-electron chi connectivity index (χ0n) is 9.67. The van der Waals surface area contributed by atoms with Gasteiger partial charge in [-0.05, 0) is 27.0 Å². The number of benzene rings is 1. The maximum atomic E-state index is 5.20. The van der Waals surface area contributed by atoms with Gasteiger partial charge in [-0.2, -0.15) is 0 Å². The summed E-state index contributed by atoms with van der Waals surface area (Å²) in [5.41, 5.74) is 1.22. The van der Waals surface area contributed by atoms with Crippen molar-refractivity contribution in [1.29, 1.82) is 0 Å². The number of methoxy groups -OCH3 is 1. The summed E-state index contributed by atoms with van der Waals surface area (Å²) in [4.78, 5) is 0. The Morgan fingerprint density at radius 1 is 1.33 bits per heavy atom. The summed E-state index contributed by atoms with van der Waals surface area (Å²) in [6.45, 7) is 7.06. The van der Waals surface area contributed by atoms with Gasteiger partial charge in [-0.3, -0.25) is 0 Å². The predicted octanol–water partition coefficient (Wildman–Crippen LogP) is 4.35. The van der Waals surface area contributed by atoms with Crippen LogP contribution in [0.15, 0.2) is 27.5 Å². The van der Waals surface area contributed by atoms with Gasteiger partial charge in [-0.15, -0.1) is 0 Å². The molecule has 1 aromatic rings. The van der Waals surface area contributed by atoms with Gasteiger partial charge in [-0.25, -0.2) is 0 Å². The molecule has 15 heavy (non-hydrogen) atoms. The number of halogens is 1. The van der Waals surface area contributed by atoms with Crippen molar-refractivity contribution < 1.29 is 4.74 Å². The lowest BCUT2D eigenvalue weighted by Crippen LogP contribution is -2.19. The molecule has 1 rings (SSSR count). The van der Waals surface area contributed by atoms with E-state index in [1.807, 2.05) is 12.1 Å². The highest BCUT2D eigenvalue weighted by molar-refractivity contribution is 14.1. The molecule has 0 fully saturated rings. The van der Waals surface area contributed by atoms with Gasteiger partial charge < -0.3 is 4.74 Å². The third kappa shape index (κ3) is 3.99. The Morgan fingerprint density at radius 2 is 2.00 bits per heavy atom. The summed E-state index contributed by atoms with van der Waals surface area (Å²) in [7, 11) is 0.537. The Labute approximate surface area is 107 Å². The van der Waals surface area contributed by atoms with Gasteiger partial charge in [0, 0.05) is 0 Å². The van der Waals surface area contributed by atoms with Gasteiger partial charge in [0.05, 0.1) is 15.2 Å². The van der Waals surface area contributed by atoms with Crippen molar-refractivity contribution in [3.63, 3.8) is 0 Å². The van der Waals surface area contributed by atoms with Crippen LogP contribution in [-0.2, 0) is 0 Å². The van der Waals surface area contributed by atoms with Crippen LogP contribution in [-0.4, -0.2) is 15.2 Å². The Bertz CT molecular complexity index is 366. The van der Waals surface area contributed by atoms with Crippen molar-refractivity contribution in [2.24, 2.45) is 0 Å². The number of hydrogen-bond acceptors (Lipinski definition) is 1. The van der Waals surface area contributed by atoms with Crippen LogP contribution in [0.1, 0.15) is 5.56 Å². The molecule has 0 aliphatic rings. The molecule has 0 spiro atoms. The lowest BCUT2D eigenvalue weighted by atomic mass is 10.2. The third-order valence-electron chi connectivity index (χ3n) is 2.10. The topological polar surface area (TPSA) is 9.23 Å². The third-order valence-corrected chi connectivity index (χ3v) is 8.85. The Balaban J connectivity index is 2.98. The van der Waals surface area contributed by atoms with E-state index in [1.54, 1.807) is 7.11 Å². The lowest BCUT2D eigenvalue weighted by Gasteiger charge is -2.15. The number of ether oxygens (including phenoxy) is 1. The van der Waals surface area contributed by atoms with E-state index in [9.17, 15) is 0 Å². The second kappa shape index (κ2) is 5.16. The van der Waals surface area contributed by atoms with Crippen molar-refractivity contribution in [2.75, 3.05) is 7.11 Å². The maximum Gasteiger partial charge on any atom is 0.119 e. The summed E-state index contributed by atoms with van der Waals surface area (Å²) in [6, 6.07) is 8.18. The molecule has 1 nitrogen and oxygen atoms in total. The van der Waals surface area contributed by atoms with Crippen LogP contribution in [0.4, 0.5) is 0 Å². The highest BCUT2D eigenvalue weighted by Crippen LogP contribution is 2.25. The largest absolute Gasteiger partial charge is 0.497 e. The van der Waals surface area contributed by atoms with Crippen molar-refractivity contribution in [3.8, 4) is 5.75 Å². The highest BCUT2D eigenvalue weighted by atomic mass is 127. The first kappa shape index (κ1) is 12.8. The molecule has 0 atom stereocenters. The maximum absolute atomic E-state index is 5.20. The quantitative estimate of drug-likeness (QED) is 0.591. The zero-order chi connectivity index (χ0) is 11.5. The summed E-state index contributed by atoms with van der Waals surface area (Å²) in [5.74, 6) is 0.920. The molecule has 0 aliphatic heterocycles. The SMILES string of the molecule is COc1cccc(/C=C(\I)[Si](C)(C)C)c1. The molecule has 0 heterocycles. The fourth-order valence-corrected chi connectivity index (χ4v) is 2.05. The Hall–Kier alpha value is -0.293. The fraction of sp³-hybridized carbons (Fsp3) is 0.333. The van der Waals surface area contributed by atoms with E-state index in [1.165, 1.54) is 8.77 Å². The summed E-state index contributed by atoms with van der Waals surface area (Å²) < 4.78 is 6.68. The molecule has 0 saturated heterocycles. The molecule has 0 N–H and O–H groups in total. The molecule has 0 amide bonds. The van der Waals surface area contributed by atoms with Gasteiger partial charge in [0.1, 0.15) is 5.75 Å². The van der Waals surface area contributed by atoms with Crippen LogP contribution >= 0.6 is 22.6 Å². The molecule has 0 aromatic heterocycles. The Morgan fingerprint density at radius 3 is 2.53 bits per heavy atom. The van der Waals surface area contributed by atoms with Crippen LogP contribution in [0, 0.1) is 0 Å². The van der Waals surface area contributed by atoms with E-state index in [-0.39, 0.29) is 0 Å². The molecule has 0 saturated carbocycles. The minimum atomic E-state index is -1.16. The normalized spacial score (nSPS) is 12.7. The molecule has 82 valence electrons. The van der Waals surface area contributed by atoms with Gasteiger partial charge in [-0.1, -0.05) is 54.4 Å². The molecule has 0 bridgehead atoms. The molecule has 3 heteroatoms. The first-order valence-electron chi connectivity index (χ1n) is 4.95. The minimum absolute atomic E-state index is 0.920. The van der Waals surface area contributed by atoms with E-state index in [0.717, 1.165) is 5.75 Å². The van der Waals surface area contributed by atoms with Gasteiger partial charge in [0.2, 0.25) is 0 Å². The standard InChI is InChI=1S/C12H17IOSi/c1-14-11-7-5-6-10(8-11)9-12(13)15(2,3)4/h5-9H,1-4H3/b12-9+. The van der Waals surface area contributed by atoms with Crippen LogP contribution < -0.4 is 4.74 Å². The first-order valence-corrected chi connectivity index (χ1v) is 9.53. The number of hydrogen-bond donors (Lipinski definition) is 0. The summed E-state index contributed by atoms with van der Waals surface area (Å²) >= 11 is 2.46. The smallest absolute Gasteiger partial charge is 0.119 e. The summed E-state index contributed by atoms with van der Waals surface area (Å²) in [6.07, 6.45) is 2.26. The van der Waals surface area contributed by atoms with E-state index in [4.69, 9.17) is 4.74 Å². The van der Waals surface area contributed by atoms with Crippen LogP contribution in [0.5, 0.6) is 5.75 Å². The van der Waals surface area contributed by atoms with Crippen LogP contribution in [0.3, 0.4) is 0 Å². The molecule has 0 unspecified atom stereocenters. The minimum Gasteiger partial charge on any atom is -0.497 e. The van der Waals surface area contributed by atoms with Gasteiger partial charge >= 0.3 is 0 Å². The van der Waals surface area contributed by atoms with E-state index in [0.29, 0.717) is 0 Å².